The fraction of sp³-hybridized carbons (Fsp3) is 1.00. The van der Waals surface area contributed by atoms with Crippen LogP contribution in [0.3, 0.4) is 0 Å². The summed E-state index contributed by atoms with van der Waals surface area (Å²) in [6.45, 7) is 6.85. The Hall–Kier alpha value is -0.0400. The molecular weight excluding hydrogens is 170 g/mol. The Morgan fingerprint density at radius 1 is 1.36 bits per heavy atom. The Bertz CT molecular complexity index is 159. The highest BCUT2D eigenvalue weighted by molar-refractivity contribution is 4.96. The van der Waals surface area contributed by atoms with E-state index in [0.29, 0.717) is 0 Å². The van der Waals surface area contributed by atoms with Gasteiger partial charge in [0.1, 0.15) is 0 Å². The van der Waals surface area contributed by atoms with E-state index in [4.69, 9.17) is 5.73 Å². The molecule has 1 saturated carbocycles. The molecule has 0 bridgehead atoms. The molecule has 2 atom stereocenters. The fourth-order valence-corrected chi connectivity index (χ4v) is 2.47. The maximum atomic E-state index is 6.37. The summed E-state index contributed by atoms with van der Waals surface area (Å²) in [4.78, 5) is 0. The summed E-state index contributed by atoms with van der Waals surface area (Å²) in [6, 6.07) is 0. The van der Waals surface area contributed by atoms with Crippen LogP contribution in [0.15, 0.2) is 0 Å². The second-order valence-corrected chi connectivity index (χ2v) is 5.40. The molecule has 1 aliphatic rings. The third-order valence-electron chi connectivity index (χ3n) is 3.78. The molecule has 1 nitrogen and oxygen atoms in total. The Kier molecular flexibility index (Phi) is 4.43. The van der Waals surface area contributed by atoms with E-state index in [0.717, 1.165) is 11.8 Å². The molecule has 1 rings (SSSR count). The van der Waals surface area contributed by atoms with Crippen LogP contribution in [0.5, 0.6) is 0 Å². The lowest BCUT2D eigenvalue weighted by Crippen LogP contribution is -2.40. The minimum atomic E-state index is 0.133. The zero-order chi connectivity index (χ0) is 10.6. The Labute approximate surface area is 89.5 Å². The molecule has 0 heterocycles. The second kappa shape index (κ2) is 5.16. The smallest absolute Gasteiger partial charge is 0.0156 e. The summed E-state index contributed by atoms with van der Waals surface area (Å²) in [5.41, 5.74) is 6.50. The van der Waals surface area contributed by atoms with Crippen molar-refractivity contribution in [3.63, 3.8) is 0 Å². The number of unbranched alkanes of at least 4 members (excludes halogenated alkanes) is 1. The standard InChI is InChI=1S/C13H27N/c1-4-6-7-11(5-2)10-13(3,14)12-8-9-12/h11-12H,4-10,14H2,1-3H3. The molecule has 0 aromatic heterocycles. The highest BCUT2D eigenvalue weighted by Crippen LogP contribution is 2.42. The predicted molar refractivity (Wildman–Crippen MR) is 63.2 cm³/mol. The molecule has 84 valence electrons. The Balaban J connectivity index is 2.30. The van der Waals surface area contributed by atoms with E-state index >= 15 is 0 Å². The average molecular weight is 197 g/mol. The zero-order valence-electron chi connectivity index (χ0n) is 10.2. The third kappa shape index (κ3) is 3.61. The molecule has 0 radical (unpaired) electrons. The van der Waals surface area contributed by atoms with E-state index in [-0.39, 0.29) is 5.54 Å². The van der Waals surface area contributed by atoms with Gasteiger partial charge in [-0.2, -0.15) is 0 Å². The summed E-state index contributed by atoms with van der Waals surface area (Å²) in [7, 11) is 0. The molecule has 0 aromatic rings. The maximum absolute atomic E-state index is 6.37. The number of hydrogen-bond donors (Lipinski definition) is 1. The van der Waals surface area contributed by atoms with Gasteiger partial charge in [0.05, 0.1) is 0 Å². The highest BCUT2D eigenvalue weighted by Gasteiger charge is 2.39. The quantitative estimate of drug-likeness (QED) is 0.661. The van der Waals surface area contributed by atoms with Gasteiger partial charge in [0.15, 0.2) is 0 Å². The van der Waals surface area contributed by atoms with E-state index in [2.05, 4.69) is 20.8 Å². The summed E-state index contributed by atoms with van der Waals surface area (Å²) >= 11 is 0. The topological polar surface area (TPSA) is 26.0 Å². The second-order valence-electron chi connectivity index (χ2n) is 5.40. The van der Waals surface area contributed by atoms with Gasteiger partial charge in [0.2, 0.25) is 0 Å². The SMILES string of the molecule is CCCCC(CC)CC(C)(N)C1CC1. The molecule has 0 aliphatic heterocycles. The van der Waals surface area contributed by atoms with Gasteiger partial charge < -0.3 is 5.73 Å². The van der Waals surface area contributed by atoms with Crippen molar-refractivity contribution < 1.29 is 0 Å². The van der Waals surface area contributed by atoms with Gasteiger partial charge >= 0.3 is 0 Å². The number of hydrogen-bond acceptors (Lipinski definition) is 1. The van der Waals surface area contributed by atoms with Crippen molar-refractivity contribution in [2.45, 2.75) is 71.3 Å². The van der Waals surface area contributed by atoms with E-state index in [1.165, 1.54) is 44.9 Å². The first kappa shape index (κ1) is 12.0. The van der Waals surface area contributed by atoms with Crippen LogP contribution in [0.1, 0.15) is 65.7 Å². The first-order chi connectivity index (χ1) is 6.60. The van der Waals surface area contributed by atoms with Crippen molar-refractivity contribution >= 4 is 0 Å². The van der Waals surface area contributed by atoms with Gasteiger partial charge in [0.25, 0.3) is 0 Å². The normalized spacial score (nSPS) is 23.1. The van der Waals surface area contributed by atoms with Gasteiger partial charge in [-0.05, 0) is 38.0 Å². The molecule has 2 N–H and O–H groups in total. The molecule has 2 unspecified atom stereocenters. The summed E-state index contributed by atoms with van der Waals surface area (Å²) < 4.78 is 0. The monoisotopic (exact) mass is 197 g/mol. The average Bonchev–Trinajstić information content (AvgIpc) is 2.95. The van der Waals surface area contributed by atoms with Crippen LogP contribution in [0.2, 0.25) is 0 Å². The summed E-state index contributed by atoms with van der Waals surface area (Å²) in [5, 5.41) is 0. The van der Waals surface area contributed by atoms with Crippen LogP contribution in [0, 0.1) is 11.8 Å². The van der Waals surface area contributed by atoms with Crippen molar-refractivity contribution in [1.82, 2.24) is 0 Å². The van der Waals surface area contributed by atoms with Crippen LogP contribution in [0.4, 0.5) is 0 Å². The minimum absolute atomic E-state index is 0.133. The number of rotatable bonds is 7. The molecule has 0 aromatic carbocycles. The molecule has 0 spiro atoms. The van der Waals surface area contributed by atoms with E-state index in [9.17, 15) is 0 Å². The van der Waals surface area contributed by atoms with Gasteiger partial charge in [-0.3, -0.25) is 0 Å². The van der Waals surface area contributed by atoms with Gasteiger partial charge in [-0.15, -0.1) is 0 Å². The highest BCUT2D eigenvalue weighted by atomic mass is 14.8. The fourth-order valence-electron chi connectivity index (χ4n) is 2.47. The van der Waals surface area contributed by atoms with Crippen molar-refractivity contribution in [2.24, 2.45) is 17.6 Å². The first-order valence-corrected chi connectivity index (χ1v) is 6.39. The maximum Gasteiger partial charge on any atom is 0.0156 e. The molecule has 14 heavy (non-hydrogen) atoms. The largest absolute Gasteiger partial charge is 0.325 e. The van der Waals surface area contributed by atoms with Crippen LogP contribution >= 0.6 is 0 Å². The van der Waals surface area contributed by atoms with Crippen molar-refractivity contribution in [3.05, 3.63) is 0 Å². The first-order valence-electron chi connectivity index (χ1n) is 6.39. The van der Waals surface area contributed by atoms with E-state index in [1.54, 1.807) is 0 Å². The van der Waals surface area contributed by atoms with Crippen molar-refractivity contribution in [1.29, 1.82) is 0 Å². The Morgan fingerprint density at radius 2 is 2.00 bits per heavy atom. The Morgan fingerprint density at radius 3 is 2.43 bits per heavy atom. The molecule has 0 amide bonds. The molecule has 1 fully saturated rings. The number of nitrogens with two attached hydrogens (primary N) is 1. The molecule has 0 saturated heterocycles. The van der Waals surface area contributed by atoms with Crippen LogP contribution < -0.4 is 5.73 Å². The van der Waals surface area contributed by atoms with Crippen LogP contribution in [-0.2, 0) is 0 Å². The summed E-state index contributed by atoms with van der Waals surface area (Å²) in [6.07, 6.45) is 9.37. The summed E-state index contributed by atoms with van der Waals surface area (Å²) in [5.74, 6) is 1.70. The lowest BCUT2D eigenvalue weighted by atomic mass is 9.82. The van der Waals surface area contributed by atoms with Crippen molar-refractivity contribution in [3.8, 4) is 0 Å². The molecule has 1 aliphatic carbocycles. The van der Waals surface area contributed by atoms with E-state index in [1.807, 2.05) is 0 Å². The molecule has 1 heteroatoms. The lowest BCUT2D eigenvalue weighted by Gasteiger charge is -2.29. The van der Waals surface area contributed by atoms with Crippen molar-refractivity contribution in [2.75, 3.05) is 0 Å². The van der Waals surface area contributed by atoms with Gasteiger partial charge in [0, 0.05) is 5.54 Å². The lowest BCUT2D eigenvalue weighted by molar-refractivity contribution is 0.283. The predicted octanol–water partition coefficient (Wildman–Crippen LogP) is 3.72. The molecular formula is C13H27N. The van der Waals surface area contributed by atoms with Crippen LogP contribution in [0.25, 0.3) is 0 Å². The zero-order valence-corrected chi connectivity index (χ0v) is 10.2. The van der Waals surface area contributed by atoms with Crippen LogP contribution in [-0.4, -0.2) is 5.54 Å². The minimum Gasteiger partial charge on any atom is -0.325 e. The van der Waals surface area contributed by atoms with Gasteiger partial charge in [-0.1, -0.05) is 39.5 Å². The van der Waals surface area contributed by atoms with E-state index < -0.39 is 0 Å². The van der Waals surface area contributed by atoms with Gasteiger partial charge in [-0.25, -0.2) is 0 Å². The third-order valence-corrected chi connectivity index (χ3v) is 3.78.